The van der Waals surface area contributed by atoms with Crippen LogP contribution in [0, 0.1) is 5.41 Å². The molecule has 1 saturated carbocycles. The molecule has 2 aromatic carbocycles. The largest absolute Gasteiger partial charge is 0.478 e. The van der Waals surface area contributed by atoms with Crippen molar-refractivity contribution in [3.05, 3.63) is 92.4 Å². The Kier molecular flexibility index (Phi) is 6.17. The summed E-state index contributed by atoms with van der Waals surface area (Å²) >= 11 is 6.30. The van der Waals surface area contributed by atoms with Crippen molar-refractivity contribution in [2.45, 2.75) is 51.5 Å². The Bertz CT molecular complexity index is 1450. The SMILES string of the molecule is CCC(C(=O)Cc1ccc(C(=O)O)cc1)n1cc2c(cc1=O)-c1cc(Cl)ccc1CC1(CC1)CC2=O. The molecule has 36 heavy (non-hydrogen) atoms. The van der Waals surface area contributed by atoms with Gasteiger partial charge in [0.2, 0.25) is 0 Å². The summed E-state index contributed by atoms with van der Waals surface area (Å²) in [5.74, 6) is -1.23. The first-order valence-electron chi connectivity index (χ1n) is 12.1. The van der Waals surface area contributed by atoms with Crippen LogP contribution in [0.15, 0.2) is 59.5 Å². The Labute approximate surface area is 213 Å². The smallest absolute Gasteiger partial charge is 0.335 e. The number of hydrogen-bond acceptors (Lipinski definition) is 4. The van der Waals surface area contributed by atoms with Crippen LogP contribution >= 0.6 is 11.6 Å². The summed E-state index contributed by atoms with van der Waals surface area (Å²) in [5, 5.41) is 9.63. The number of ketones is 2. The third kappa shape index (κ3) is 4.53. The molecule has 5 rings (SSSR count). The molecule has 1 heterocycles. The highest BCUT2D eigenvalue weighted by Crippen LogP contribution is 2.54. The lowest BCUT2D eigenvalue weighted by molar-refractivity contribution is -0.121. The van der Waals surface area contributed by atoms with Gasteiger partial charge in [-0.25, -0.2) is 4.79 Å². The minimum absolute atomic E-state index is 0.0200. The highest BCUT2D eigenvalue weighted by atomic mass is 35.5. The molecule has 1 unspecified atom stereocenters. The third-order valence-corrected chi connectivity index (χ3v) is 7.71. The van der Waals surface area contributed by atoms with E-state index in [4.69, 9.17) is 16.7 Å². The molecule has 1 N–H and O–H groups in total. The van der Waals surface area contributed by atoms with Crippen molar-refractivity contribution in [2.24, 2.45) is 5.41 Å². The number of aromatic nitrogens is 1. The topological polar surface area (TPSA) is 93.4 Å². The number of nitrogens with zero attached hydrogens (tertiary/aromatic N) is 1. The van der Waals surface area contributed by atoms with Crippen LogP contribution in [-0.2, 0) is 17.6 Å². The maximum absolute atomic E-state index is 13.4. The Morgan fingerprint density at radius 3 is 2.36 bits per heavy atom. The van der Waals surface area contributed by atoms with E-state index in [1.165, 1.54) is 22.8 Å². The number of hydrogen-bond donors (Lipinski definition) is 1. The molecule has 6 nitrogen and oxygen atoms in total. The quantitative estimate of drug-likeness (QED) is 0.476. The van der Waals surface area contributed by atoms with Crippen LogP contribution in [0.4, 0.5) is 0 Å². The second-order valence-electron chi connectivity index (χ2n) is 9.99. The number of rotatable bonds is 6. The van der Waals surface area contributed by atoms with E-state index in [9.17, 15) is 19.2 Å². The van der Waals surface area contributed by atoms with Crippen LogP contribution in [0.5, 0.6) is 0 Å². The number of halogens is 1. The maximum Gasteiger partial charge on any atom is 0.335 e. The summed E-state index contributed by atoms with van der Waals surface area (Å²) < 4.78 is 1.39. The molecule has 1 spiro atoms. The summed E-state index contributed by atoms with van der Waals surface area (Å²) in [7, 11) is 0. The number of fused-ring (bicyclic) bond motifs is 3. The van der Waals surface area contributed by atoms with Crippen LogP contribution in [0.25, 0.3) is 11.1 Å². The molecule has 1 aromatic heterocycles. The van der Waals surface area contributed by atoms with Gasteiger partial charge in [0, 0.05) is 35.7 Å². The Hall–Kier alpha value is -3.51. The minimum atomic E-state index is -1.04. The monoisotopic (exact) mass is 503 g/mol. The van der Waals surface area contributed by atoms with E-state index < -0.39 is 12.0 Å². The van der Waals surface area contributed by atoms with Crippen LogP contribution < -0.4 is 5.56 Å². The zero-order valence-corrected chi connectivity index (χ0v) is 20.7. The van der Waals surface area contributed by atoms with Gasteiger partial charge in [-0.1, -0.05) is 36.7 Å². The Morgan fingerprint density at radius 1 is 1.00 bits per heavy atom. The second-order valence-corrected chi connectivity index (χ2v) is 10.4. The van der Waals surface area contributed by atoms with Gasteiger partial charge in [-0.05, 0) is 77.6 Å². The molecule has 7 heteroatoms. The van der Waals surface area contributed by atoms with Crippen molar-refractivity contribution >= 4 is 29.1 Å². The number of carboxylic acids is 1. The van der Waals surface area contributed by atoms with Crippen molar-refractivity contribution in [1.29, 1.82) is 0 Å². The number of carbonyl (C=O) groups excluding carboxylic acids is 2. The number of carbonyl (C=O) groups is 3. The molecule has 0 aliphatic heterocycles. The molecule has 2 aliphatic carbocycles. The number of carboxylic acid groups (broad SMARTS) is 1. The fourth-order valence-electron chi connectivity index (χ4n) is 5.29. The minimum Gasteiger partial charge on any atom is -0.478 e. The van der Waals surface area contributed by atoms with Crippen molar-refractivity contribution in [3.8, 4) is 11.1 Å². The predicted molar refractivity (Wildman–Crippen MR) is 137 cm³/mol. The van der Waals surface area contributed by atoms with Crippen molar-refractivity contribution in [2.75, 3.05) is 0 Å². The van der Waals surface area contributed by atoms with Gasteiger partial charge in [-0.3, -0.25) is 14.4 Å². The van der Waals surface area contributed by atoms with Gasteiger partial charge in [-0.15, -0.1) is 0 Å². The van der Waals surface area contributed by atoms with Gasteiger partial charge in [0.1, 0.15) is 0 Å². The lowest BCUT2D eigenvalue weighted by Crippen LogP contribution is -2.31. The van der Waals surface area contributed by atoms with E-state index in [0.717, 1.165) is 30.4 Å². The van der Waals surface area contributed by atoms with E-state index in [1.54, 1.807) is 18.3 Å². The molecule has 184 valence electrons. The summed E-state index contributed by atoms with van der Waals surface area (Å²) in [6.45, 7) is 1.83. The average Bonchev–Trinajstić information content (AvgIpc) is 3.60. The molecule has 0 bridgehead atoms. The molecule has 0 saturated heterocycles. The fourth-order valence-corrected chi connectivity index (χ4v) is 5.46. The highest BCUT2D eigenvalue weighted by Gasteiger charge is 2.46. The van der Waals surface area contributed by atoms with E-state index in [0.29, 0.717) is 34.6 Å². The molecule has 2 aliphatic rings. The number of benzene rings is 2. The summed E-state index contributed by atoms with van der Waals surface area (Å²) in [6, 6.07) is 12.5. The Balaban J connectivity index is 1.54. The number of Topliss-reactive ketones (excluding diaryl/α,β-unsaturated/α-hetero) is 2. The lowest BCUT2D eigenvalue weighted by atomic mass is 9.81. The zero-order valence-electron chi connectivity index (χ0n) is 19.9. The van der Waals surface area contributed by atoms with Crippen molar-refractivity contribution in [1.82, 2.24) is 4.57 Å². The van der Waals surface area contributed by atoms with Gasteiger partial charge in [0.05, 0.1) is 11.6 Å². The van der Waals surface area contributed by atoms with E-state index in [2.05, 4.69) is 0 Å². The van der Waals surface area contributed by atoms with Gasteiger partial charge in [0.15, 0.2) is 11.6 Å². The lowest BCUT2D eigenvalue weighted by Gasteiger charge is -2.25. The second kappa shape index (κ2) is 9.17. The zero-order chi connectivity index (χ0) is 25.6. The first-order valence-corrected chi connectivity index (χ1v) is 12.5. The first-order chi connectivity index (χ1) is 17.2. The van der Waals surface area contributed by atoms with Gasteiger partial charge in [-0.2, -0.15) is 0 Å². The van der Waals surface area contributed by atoms with Gasteiger partial charge in [0.25, 0.3) is 5.56 Å². The normalized spacial score (nSPS) is 16.4. The Morgan fingerprint density at radius 2 is 1.72 bits per heavy atom. The highest BCUT2D eigenvalue weighted by molar-refractivity contribution is 6.31. The van der Waals surface area contributed by atoms with E-state index in [-0.39, 0.29) is 34.5 Å². The predicted octanol–water partition coefficient (Wildman–Crippen LogP) is 5.54. The van der Waals surface area contributed by atoms with E-state index >= 15 is 0 Å². The molecular formula is C29H26ClNO5. The average molecular weight is 504 g/mol. The maximum atomic E-state index is 13.4. The van der Waals surface area contributed by atoms with Crippen molar-refractivity contribution < 1.29 is 19.5 Å². The van der Waals surface area contributed by atoms with Gasteiger partial charge < -0.3 is 9.67 Å². The fraction of sp³-hybridized carbons (Fsp3) is 0.310. The summed E-state index contributed by atoms with van der Waals surface area (Å²) in [5.41, 5.74) is 3.31. The third-order valence-electron chi connectivity index (χ3n) is 7.47. The van der Waals surface area contributed by atoms with Crippen LogP contribution in [0.2, 0.25) is 5.02 Å². The standard InChI is InChI=1S/C29H26ClNO5/c1-2-24(25(32)11-17-3-5-18(6-4-17)28(35)36)31-16-23-22(13-27(31)34)21-12-20(30)8-7-19(21)14-29(9-10-29)15-26(23)33/h3-8,12-13,16,24H,2,9-11,14-15H2,1H3,(H,35,36). The summed E-state index contributed by atoms with van der Waals surface area (Å²) in [6.07, 6.45) is 5.18. The molecule has 1 atom stereocenters. The summed E-state index contributed by atoms with van der Waals surface area (Å²) in [4.78, 5) is 51.1. The van der Waals surface area contributed by atoms with Gasteiger partial charge >= 0.3 is 5.97 Å². The molecule has 1 fully saturated rings. The first kappa shape index (κ1) is 24.2. The van der Waals surface area contributed by atoms with Crippen molar-refractivity contribution in [3.63, 3.8) is 0 Å². The molecule has 0 radical (unpaired) electrons. The van der Waals surface area contributed by atoms with Crippen LogP contribution in [0.3, 0.4) is 0 Å². The molecular weight excluding hydrogens is 478 g/mol. The number of aromatic carboxylic acids is 1. The number of pyridine rings is 1. The van der Waals surface area contributed by atoms with Crippen LogP contribution in [-0.4, -0.2) is 27.2 Å². The van der Waals surface area contributed by atoms with Crippen LogP contribution in [0.1, 0.15) is 70.5 Å². The van der Waals surface area contributed by atoms with E-state index in [1.807, 2.05) is 25.1 Å². The molecule has 0 amide bonds. The molecule has 3 aromatic rings.